The molecule has 3 radical (unpaired) electrons. The number of rotatable bonds is 3. The van der Waals surface area contributed by atoms with E-state index in [1.807, 2.05) is 0 Å². The molecule has 4 heteroatoms. The van der Waals surface area contributed by atoms with E-state index in [2.05, 4.69) is 0 Å². The van der Waals surface area contributed by atoms with E-state index >= 15 is 0 Å². The number of ketones is 1. The average Bonchev–Trinajstić information content (AvgIpc) is 1.63. The summed E-state index contributed by atoms with van der Waals surface area (Å²) < 4.78 is 0. The number of carboxylic acid groups (broad SMARTS) is 1. The summed E-state index contributed by atoms with van der Waals surface area (Å²) in [6.45, 7) is 3.32. The summed E-state index contributed by atoms with van der Waals surface area (Å²) in [6.07, 6.45) is -0.461. The van der Waals surface area contributed by atoms with Gasteiger partial charge in [0.15, 0.2) is 0 Å². The number of carboxylic acids is 1. The lowest BCUT2D eigenvalue weighted by Crippen LogP contribution is -2.26. The molecule has 0 amide bonds. The second-order valence-corrected chi connectivity index (χ2v) is 2.17. The summed E-state index contributed by atoms with van der Waals surface area (Å²) >= 11 is 0. The maximum atomic E-state index is 10.5. The fourth-order valence-electron chi connectivity index (χ4n) is 0.346. The molecule has 0 saturated heterocycles. The highest BCUT2D eigenvalue weighted by Crippen LogP contribution is 1.96. The van der Waals surface area contributed by atoms with Gasteiger partial charge in [-0.2, -0.15) is 0 Å². The number of Topliss-reactive ketones (excluding diaryl/α,β-unsaturated/α-hetero) is 1. The third kappa shape index (κ3) is 5.34. The summed E-state index contributed by atoms with van der Waals surface area (Å²) in [5.41, 5.74) is 0. The second kappa shape index (κ2) is 5.03. The molecule has 0 saturated carbocycles. The smallest absolute Gasteiger partial charge is 0.141 e. The number of hydrogen-bond acceptors (Lipinski definition) is 3. The van der Waals surface area contributed by atoms with Crippen LogP contribution in [-0.2, 0) is 9.59 Å². The van der Waals surface area contributed by atoms with Crippen LogP contribution in [0.2, 0.25) is 0 Å². The maximum absolute atomic E-state index is 10.5. The number of carbonyl (C=O) groups excluding carboxylic acids is 2. The SMILES string of the molecule is CC(C)C(=O)CC(=O)[O-].[B]. The van der Waals surface area contributed by atoms with Crippen molar-refractivity contribution in [1.29, 1.82) is 0 Å². The van der Waals surface area contributed by atoms with E-state index in [1.165, 1.54) is 0 Å². The lowest BCUT2D eigenvalue weighted by atomic mass is 10.1. The van der Waals surface area contributed by atoms with Crippen molar-refractivity contribution in [3.63, 3.8) is 0 Å². The Morgan fingerprint density at radius 3 is 1.90 bits per heavy atom. The predicted molar refractivity (Wildman–Crippen MR) is 35.2 cm³/mol. The molecule has 0 heterocycles. The Morgan fingerprint density at radius 2 is 1.80 bits per heavy atom. The third-order valence-electron chi connectivity index (χ3n) is 0.963. The van der Waals surface area contributed by atoms with Gasteiger partial charge in [-0.3, -0.25) is 4.79 Å². The number of aliphatic carboxylic acids is 1. The summed E-state index contributed by atoms with van der Waals surface area (Å²) in [5.74, 6) is -1.79. The van der Waals surface area contributed by atoms with Crippen LogP contribution in [0.1, 0.15) is 20.3 Å². The molecule has 0 fully saturated rings. The van der Waals surface area contributed by atoms with Gasteiger partial charge in [0, 0.05) is 26.7 Å². The Hall–Kier alpha value is -0.795. The standard InChI is InChI=1S/C6H10O3.B/c1-4(2)5(7)3-6(8)9;/h4H,3H2,1-2H3,(H,8,9);/p-1. The molecule has 55 valence electrons. The van der Waals surface area contributed by atoms with Gasteiger partial charge >= 0.3 is 0 Å². The molecule has 0 spiro atoms. The summed E-state index contributed by atoms with van der Waals surface area (Å²) in [6, 6.07) is 0. The largest absolute Gasteiger partial charge is 0.550 e. The molecular formula is C6H9BO3-. The molecule has 0 aliphatic heterocycles. The monoisotopic (exact) mass is 140 g/mol. The van der Waals surface area contributed by atoms with E-state index in [9.17, 15) is 14.7 Å². The molecule has 0 bridgehead atoms. The molecular weight excluding hydrogens is 131 g/mol. The van der Waals surface area contributed by atoms with Crippen molar-refractivity contribution < 1.29 is 14.7 Å². The number of carbonyl (C=O) groups is 2. The Balaban J connectivity index is 0. The Bertz CT molecular complexity index is 131. The lowest BCUT2D eigenvalue weighted by Gasteiger charge is -2.02. The summed E-state index contributed by atoms with van der Waals surface area (Å²) in [5, 5.41) is 9.78. The van der Waals surface area contributed by atoms with E-state index in [4.69, 9.17) is 0 Å². The first-order valence-electron chi connectivity index (χ1n) is 2.76. The minimum Gasteiger partial charge on any atom is -0.550 e. The van der Waals surface area contributed by atoms with Crippen molar-refractivity contribution in [2.24, 2.45) is 5.92 Å². The zero-order chi connectivity index (χ0) is 7.44. The van der Waals surface area contributed by atoms with Crippen LogP contribution in [0.3, 0.4) is 0 Å². The van der Waals surface area contributed by atoms with Gasteiger partial charge in [-0.1, -0.05) is 13.8 Å². The maximum Gasteiger partial charge on any atom is 0.141 e. The van der Waals surface area contributed by atoms with Gasteiger partial charge in [-0.25, -0.2) is 0 Å². The van der Waals surface area contributed by atoms with Gasteiger partial charge in [0.05, 0.1) is 0 Å². The average molecular weight is 140 g/mol. The highest BCUT2D eigenvalue weighted by molar-refractivity contribution is 5.94. The van der Waals surface area contributed by atoms with Crippen molar-refractivity contribution in [3.05, 3.63) is 0 Å². The van der Waals surface area contributed by atoms with Crippen LogP contribution in [0.15, 0.2) is 0 Å². The Labute approximate surface area is 62.0 Å². The van der Waals surface area contributed by atoms with Crippen LogP contribution < -0.4 is 5.11 Å². The van der Waals surface area contributed by atoms with E-state index in [0.29, 0.717) is 0 Å². The predicted octanol–water partition coefficient (Wildman–Crippen LogP) is -1.03. The molecule has 0 aromatic heterocycles. The molecule has 0 aliphatic carbocycles. The van der Waals surface area contributed by atoms with Crippen molar-refractivity contribution in [2.75, 3.05) is 0 Å². The van der Waals surface area contributed by atoms with Crippen LogP contribution in [-0.4, -0.2) is 20.2 Å². The van der Waals surface area contributed by atoms with Crippen LogP contribution >= 0.6 is 0 Å². The molecule has 0 aliphatic rings. The van der Waals surface area contributed by atoms with E-state index in [1.54, 1.807) is 13.8 Å². The van der Waals surface area contributed by atoms with E-state index < -0.39 is 12.4 Å². The highest BCUT2D eigenvalue weighted by atomic mass is 16.4. The minimum atomic E-state index is -1.30. The topological polar surface area (TPSA) is 57.2 Å². The van der Waals surface area contributed by atoms with E-state index in [0.717, 1.165) is 0 Å². The van der Waals surface area contributed by atoms with Crippen LogP contribution in [0.25, 0.3) is 0 Å². The molecule has 3 nitrogen and oxygen atoms in total. The van der Waals surface area contributed by atoms with Gasteiger partial charge in [-0.15, -0.1) is 0 Å². The van der Waals surface area contributed by atoms with Crippen LogP contribution in [0.4, 0.5) is 0 Å². The third-order valence-corrected chi connectivity index (χ3v) is 0.963. The normalized spacial score (nSPS) is 8.70. The molecule has 0 N–H and O–H groups in total. The molecule has 0 aromatic rings. The Morgan fingerprint density at radius 1 is 1.40 bits per heavy atom. The van der Waals surface area contributed by atoms with Crippen molar-refractivity contribution in [2.45, 2.75) is 20.3 Å². The zero-order valence-corrected chi connectivity index (χ0v) is 6.09. The van der Waals surface area contributed by atoms with Gasteiger partial charge in [0.25, 0.3) is 0 Å². The first kappa shape index (κ1) is 11.9. The van der Waals surface area contributed by atoms with Gasteiger partial charge in [0.2, 0.25) is 0 Å². The molecule has 0 atom stereocenters. The van der Waals surface area contributed by atoms with Gasteiger partial charge in [0.1, 0.15) is 5.78 Å². The van der Waals surface area contributed by atoms with Crippen molar-refractivity contribution in [3.8, 4) is 0 Å². The molecule has 0 rings (SSSR count). The van der Waals surface area contributed by atoms with E-state index in [-0.39, 0.29) is 20.1 Å². The first-order chi connectivity index (χ1) is 4.04. The summed E-state index contributed by atoms with van der Waals surface area (Å²) in [7, 11) is 0. The Kier molecular flexibility index (Phi) is 6.00. The lowest BCUT2D eigenvalue weighted by molar-refractivity contribution is -0.304. The van der Waals surface area contributed by atoms with Crippen LogP contribution in [0, 0.1) is 5.92 Å². The summed E-state index contributed by atoms with van der Waals surface area (Å²) in [4.78, 5) is 20.3. The first-order valence-corrected chi connectivity index (χ1v) is 2.76. The quantitative estimate of drug-likeness (QED) is 0.372. The number of hydrogen-bond donors (Lipinski definition) is 0. The second-order valence-electron chi connectivity index (χ2n) is 2.17. The molecule has 10 heavy (non-hydrogen) atoms. The van der Waals surface area contributed by atoms with Crippen LogP contribution in [0.5, 0.6) is 0 Å². The van der Waals surface area contributed by atoms with Crippen molar-refractivity contribution in [1.82, 2.24) is 0 Å². The van der Waals surface area contributed by atoms with Crippen molar-refractivity contribution >= 4 is 20.2 Å². The fraction of sp³-hybridized carbons (Fsp3) is 0.667. The van der Waals surface area contributed by atoms with Gasteiger partial charge < -0.3 is 9.90 Å². The zero-order valence-electron chi connectivity index (χ0n) is 6.09. The minimum absolute atomic E-state index is 0. The molecule has 0 aromatic carbocycles. The highest BCUT2D eigenvalue weighted by Gasteiger charge is 2.05. The fourth-order valence-corrected chi connectivity index (χ4v) is 0.346. The van der Waals surface area contributed by atoms with Gasteiger partial charge in [-0.05, 0) is 0 Å². The molecule has 0 unspecified atom stereocenters.